The summed E-state index contributed by atoms with van der Waals surface area (Å²) in [6, 6.07) is 16.3. The molecule has 0 saturated heterocycles. The van der Waals surface area contributed by atoms with Gasteiger partial charge in [-0.15, -0.1) is 0 Å². The number of sulfonamides is 1. The van der Waals surface area contributed by atoms with Crippen LogP contribution in [0.25, 0.3) is 22.2 Å². The fraction of sp³-hybridized carbons (Fsp3) is 0.242. The molecule has 8 nitrogen and oxygen atoms in total. The highest BCUT2D eigenvalue weighted by Gasteiger charge is 2.28. The normalized spacial score (nSPS) is 14.1. The third-order valence-electron chi connectivity index (χ3n) is 7.77. The molecule has 0 radical (unpaired) electrons. The summed E-state index contributed by atoms with van der Waals surface area (Å²) in [5.74, 6) is -1.82. The number of hydrogen-bond acceptors (Lipinski definition) is 5. The van der Waals surface area contributed by atoms with Crippen LogP contribution in [0.2, 0.25) is 0 Å². The van der Waals surface area contributed by atoms with Gasteiger partial charge in [-0.05, 0) is 97.8 Å². The van der Waals surface area contributed by atoms with Gasteiger partial charge < -0.3 is 9.88 Å². The first-order valence-corrected chi connectivity index (χ1v) is 15.8. The van der Waals surface area contributed by atoms with Gasteiger partial charge in [0.05, 0.1) is 34.0 Å². The van der Waals surface area contributed by atoms with E-state index in [1.165, 1.54) is 18.2 Å². The maximum atomic E-state index is 14.2. The van der Waals surface area contributed by atoms with Gasteiger partial charge in [-0.3, -0.25) is 9.78 Å². The zero-order valence-corrected chi connectivity index (χ0v) is 25.0. The number of halogens is 2. The van der Waals surface area contributed by atoms with Crippen LogP contribution < -0.4 is 10.0 Å². The number of amides is 1. The number of aromatic nitrogens is 3. The minimum absolute atomic E-state index is 0.0363. The largest absolute Gasteiger partial charge is 0.346 e. The number of carbonyl (C=O) groups excluding carboxylic acids is 1. The smallest absolute Gasteiger partial charge is 0.240 e. The van der Waals surface area contributed by atoms with Gasteiger partial charge in [-0.25, -0.2) is 26.9 Å². The predicted molar refractivity (Wildman–Crippen MR) is 163 cm³/mol. The van der Waals surface area contributed by atoms with Gasteiger partial charge in [0.25, 0.3) is 0 Å². The summed E-state index contributed by atoms with van der Waals surface area (Å²) in [5.41, 5.74) is 5.65. The maximum absolute atomic E-state index is 14.2. The number of fused-ring (bicyclic) bond motifs is 1. The molecule has 0 aliphatic heterocycles. The van der Waals surface area contributed by atoms with Crippen molar-refractivity contribution in [3.05, 3.63) is 113 Å². The van der Waals surface area contributed by atoms with Crippen molar-refractivity contribution in [3.8, 4) is 11.1 Å². The third-order valence-corrected chi connectivity index (χ3v) is 9.29. The highest BCUT2D eigenvalue weighted by atomic mass is 32.2. The summed E-state index contributed by atoms with van der Waals surface area (Å²) in [7, 11) is -3.72. The third kappa shape index (κ3) is 6.53. The van der Waals surface area contributed by atoms with E-state index in [4.69, 9.17) is 0 Å². The van der Waals surface area contributed by atoms with Gasteiger partial charge in [0.1, 0.15) is 18.2 Å². The van der Waals surface area contributed by atoms with Crippen molar-refractivity contribution in [2.24, 2.45) is 0 Å². The van der Waals surface area contributed by atoms with E-state index in [0.717, 1.165) is 41.1 Å². The molecule has 2 N–H and O–H groups in total. The molecule has 3 aromatic carbocycles. The van der Waals surface area contributed by atoms with Crippen LogP contribution in [0.15, 0.2) is 84.1 Å². The van der Waals surface area contributed by atoms with Crippen LogP contribution in [0.3, 0.4) is 0 Å². The van der Waals surface area contributed by atoms with Crippen LogP contribution >= 0.6 is 0 Å². The molecule has 6 rings (SSSR count). The first-order valence-electron chi connectivity index (χ1n) is 14.3. The molecule has 1 amide bonds. The second-order valence-corrected chi connectivity index (χ2v) is 13.0. The molecular weight excluding hydrogens is 584 g/mol. The number of nitrogens with zero attached hydrogens (tertiary/aromatic N) is 3. The van der Waals surface area contributed by atoms with E-state index in [1.807, 2.05) is 26.0 Å². The van der Waals surface area contributed by atoms with Crippen LogP contribution in [0, 0.1) is 25.5 Å². The average molecular weight is 616 g/mol. The summed E-state index contributed by atoms with van der Waals surface area (Å²) < 4.78 is 58.7. The number of aryl methyl sites for hydroxylation is 2. The van der Waals surface area contributed by atoms with E-state index in [2.05, 4.69) is 20.0 Å². The second kappa shape index (κ2) is 11.9. The average Bonchev–Trinajstić information content (AvgIpc) is 3.71. The van der Waals surface area contributed by atoms with Gasteiger partial charge in [0.15, 0.2) is 0 Å². The summed E-state index contributed by atoms with van der Waals surface area (Å²) in [5, 5.41) is 3.01. The number of nitrogens with one attached hydrogen (secondary N) is 2. The first-order chi connectivity index (χ1) is 21.1. The van der Waals surface area contributed by atoms with E-state index < -0.39 is 27.7 Å². The molecule has 5 aromatic rings. The molecule has 11 heteroatoms. The lowest BCUT2D eigenvalue weighted by molar-refractivity contribution is -0.122. The molecule has 1 fully saturated rings. The van der Waals surface area contributed by atoms with Crippen molar-refractivity contribution < 1.29 is 22.0 Å². The van der Waals surface area contributed by atoms with Crippen molar-refractivity contribution >= 4 is 27.0 Å². The van der Waals surface area contributed by atoms with E-state index in [9.17, 15) is 22.0 Å². The molecule has 44 heavy (non-hydrogen) atoms. The van der Waals surface area contributed by atoms with E-state index in [0.29, 0.717) is 22.4 Å². The number of imidazole rings is 1. The Kier molecular flexibility index (Phi) is 8.00. The summed E-state index contributed by atoms with van der Waals surface area (Å²) in [6.45, 7) is 3.94. The highest BCUT2D eigenvalue weighted by Crippen LogP contribution is 2.31. The van der Waals surface area contributed by atoms with Gasteiger partial charge in [-0.2, -0.15) is 0 Å². The molecule has 1 saturated carbocycles. The molecule has 2 aromatic heterocycles. The summed E-state index contributed by atoms with van der Waals surface area (Å²) in [4.78, 5) is 22.7. The van der Waals surface area contributed by atoms with Crippen LogP contribution in [0.1, 0.15) is 41.3 Å². The lowest BCUT2D eigenvalue weighted by atomic mass is 9.95. The van der Waals surface area contributed by atoms with E-state index in [-0.39, 0.29) is 29.8 Å². The number of rotatable bonds is 10. The first kappa shape index (κ1) is 29.6. The number of benzene rings is 3. The predicted octanol–water partition coefficient (Wildman–Crippen LogP) is 5.53. The Morgan fingerprint density at radius 3 is 2.48 bits per heavy atom. The second-order valence-electron chi connectivity index (χ2n) is 11.3. The van der Waals surface area contributed by atoms with E-state index in [1.54, 1.807) is 47.4 Å². The van der Waals surface area contributed by atoms with Crippen LogP contribution in [-0.4, -0.2) is 34.9 Å². The van der Waals surface area contributed by atoms with Gasteiger partial charge in [-0.1, -0.05) is 18.2 Å². The Bertz CT molecular complexity index is 1970. The Morgan fingerprint density at radius 1 is 0.977 bits per heavy atom. The molecular formula is C33H31F2N5O3S. The van der Waals surface area contributed by atoms with E-state index >= 15 is 0 Å². The van der Waals surface area contributed by atoms with Crippen molar-refractivity contribution in [1.82, 2.24) is 24.6 Å². The number of hydrogen-bond donors (Lipinski definition) is 2. The standard InChI is InChI=1S/C33H31F2N5O3S/c1-20-11-29-31(12-21(20)2)40(19-37-29)18-32(41)38-30(15-22-13-24(34)17-25(35)14-22)33-28(7-4-10-36-33)23-5-3-6-27(16-23)44(42,43)39-26-8-9-26/h3-7,10-14,16-17,19,26,30,39H,8-9,15,18H2,1-2H3,(H,38,41)/t30-/m0/s1. The van der Waals surface area contributed by atoms with Crippen molar-refractivity contribution in [2.75, 3.05) is 0 Å². The molecule has 0 spiro atoms. The highest BCUT2D eigenvalue weighted by molar-refractivity contribution is 7.89. The Labute approximate surface area is 254 Å². The molecule has 0 unspecified atom stereocenters. The molecule has 1 aliphatic rings. The fourth-order valence-electron chi connectivity index (χ4n) is 5.27. The number of carbonyl (C=O) groups is 1. The topological polar surface area (TPSA) is 106 Å². The lowest BCUT2D eigenvalue weighted by Crippen LogP contribution is -2.33. The van der Waals surface area contributed by atoms with Gasteiger partial charge in [0, 0.05) is 23.9 Å². The lowest BCUT2D eigenvalue weighted by Gasteiger charge is -2.22. The van der Waals surface area contributed by atoms with Gasteiger partial charge in [0.2, 0.25) is 15.9 Å². The molecule has 226 valence electrons. The minimum Gasteiger partial charge on any atom is -0.346 e. The minimum atomic E-state index is -3.72. The summed E-state index contributed by atoms with van der Waals surface area (Å²) in [6.07, 6.45) is 4.82. The zero-order valence-electron chi connectivity index (χ0n) is 24.2. The Hall–Kier alpha value is -4.48. The maximum Gasteiger partial charge on any atom is 0.240 e. The molecule has 1 atom stereocenters. The Morgan fingerprint density at radius 2 is 1.73 bits per heavy atom. The molecule has 2 heterocycles. The van der Waals surface area contributed by atoms with Gasteiger partial charge >= 0.3 is 0 Å². The van der Waals surface area contributed by atoms with Crippen LogP contribution in [0.5, 0.6) is 0 Å². The SMILES string of the molecule is Cc1cc2ncn(CC(=O)N[C@@H](Cc3cc(F)cc(F)c3)c3ncccc3-c3cccc(S(=O)(=O)NC4CC4)c3)c2cc1C. The Balaban J connectivity index is 1.35. The molecule has 0 bridgehead atoms. The molecule has 1 aliphatic carbocycles. The fourth-order valence-corrected chi connectivity index (χ4v) is 6.62. The quantitative estimate of drug-likeness (QED) is 0.215. The van der Waals surface area contributed by atoms with Crippen LogP contribution in [-0.2, 0) is 27.8 Å². The van der Waals surface area contributed by atoms with Crippen LogP contribution in [0.4, 0.5) is 8.78 Å². The van der Waals surface area contributed by atoms with Crippen molar-refractivity contribution in [1.29, 1.82) is 0 Å². The summed E-state index contributed by atoms with van der Waals surface area (Å²) >= 11 is 0. The van der Waals surface area contributed by atoms with Crippen molar-refractivity contribution in [2.45, 2.75) is 56.6 Å². The van der Waals surface area contributed by atoms with Crippen molar-refractivity contribution in [3.63, 3.8) is 0 Å². The monoisotopic (exact) mass is 615 g/mol. The zero-order chi connectivity index (χ0) is 31.0. The number of pyridine rings is 1.